The van der Waals surface area contributed by atoms with Crippen LogP contribution >= 0.6 is 35.6 Å². The molecule has 32 heavy (non-hydrogen) atoms. The SMILES string of the molecule is CCNC(=NCc1ccc(C(=O)N(C)C)cc1)NCCC(=O)Nc1cccc(Cl)c1C.I. The largest absolute Gasteiger partial charge is 0.357 e. The van der Waals surface area contributed by atoms with E-state index in [0.29, 0.717) is 41.9 Å². The number of nitrogens with zero attached hydrogens (tertiary/aromatic N) is 2. The first-order valence-electron chi connectivity index (χ1n) is 10.2. The summed E-state index contributed by atoms with van der Waals surface area (Å²) < 4.78 is 0. The average molecular weight is 572 g/mol. The smallest absolute Gasteiger partial charge is 0.253 e. The summed E-state index contributed by atoms with van der Waals surface area (Å²) in [6.45, 7) is 5.45. The molecule has 0 spiro atoms. The molecule has 0 heterocycles. The maximum Gasteiger partial charge on any atom is 0.253 e. The van der Waals surface area contributed by atoms with E-state index in [1.54, 1.807) is 37.2 Å². The summed E-state index contributed by atoms with van der Waals surface area (Å²) in [7, 11) is 3.46. The molecule has 0 aliphatic rings. The minimum absolute atomic E-state index is 0. The second-order valence-electron chi connectivity index (χ2n) is 7.23. The van der Waals surface area contributed by atoms with Gasteiger partial charge in [-0.25, -0.2) is 4.99 Å². The van der Waals surface area contributed by atoms with Gasteiger partial charge in [-0.1, -0.05) is 29.8 Å². The highest BCUT2D eigenvalue weighted by Gasteiger charge is 2.08. The van der Waals surface area contributed by atoms with Gasteiger partial charge in [0.1, 0.15) is 0 Å². The number of rotatable bonds is 8. The van der Waals surface area contributed by atoms with Crippen molar-refractivity contribution >= 4 is 59.0 Å². The highest BCUT2D eigenvalue weighted by molar-refractivity contribution is 14.0. The Morgan fingerprint density at radius 2 is 1.75 bits per heavy atom. The Bertz CT molecular complexity index is 932. The van der Waals surface area contributed by atoms with Gasteiger partial charge in [0.25, 0.3) is 5.91 Å². The quantitative estimate of drug-likeness (QED) is 0.254. The number of anilines is 1. The van der Waals surface area contributed by atoms with Crippen molar-refractivity contribution in [2.24, 2.45) is 4.99 Å². The van der Waals surface area contributed by atoms with Crippen LogP contribution in [0.4, 0.5) is 5.69 Å². The lowest BCUT2D eigenvalue weighted by atomic mass is 10.1. The summed E-state index contributed by atoms with van der Waals surface area (Å²) in [6, 6.07) is 12.8. The maximum absolute atomic E-state index is 12.2. The highest BCUT2D eigenvalue weighted by Crippen LogP contribution is 2.22. The standard InChI is InChI=1S/C23H30ClN5O2.HI/c1-5-25-23(27-15-17-9-11-18(12-10-17)22(31)29(3)4)26-14-13-21(30)28-20-8-6-7-19(24)16(20)2;/h6-12H,5,13-15H2,1-4H3,(H,28,30)(H2,25,26,27);1H. The first-order valence-corrected chi connectivity index (χ1v) is 10.6. The van der Waals surface area contributed by atoms with E-state index >= 15 is 0 Å². The molecule has 0 aromatic heterocycles. The van der Waals surface area contributed by atoms with Crippen molar-refractivity contribution in [3.63, 3.8) is 0 Å². The maximum atomic E-state index is 12.2. The number of carbonyl (C=O) groups excluding carboxylic acids is 2. The van der Waals surface area contributed by atoms with E-state index in [1.807, 2.05) is 38.1 Å². The van der Waals surface area contributed by atoms with Gasteiger partial charge in [0.2, 0.25) is 5.91 Å². The third-order valence-electron chi connectivity index (χ3n) is 4.56. The van der Waals surface area contributed by atoms with Crippen molar-refractivity contribution in [1.29, 1.82) is 0 Å². The molecule has 0 aliphatic heterocycles. The molecule has 0 saturated heterocycles. The lowest BCUT2D eigenvalue weighted by molar-refractivity contribution is -0.116. The molecule has 0 saturated carbocycles. The van der Waals surface area contributed by atoms with Crippen molar-refractivity contribution in [2.45, 2.75) is 26.8 Å². The summed E-state index contributed by atoms with van der Waals surface area (Å²) in [5.74, 6) is 0.494. The van der Waals surface area contributed by atoms with E-state index in [-0.39, 0.29) is 42.2 Å². The Hall–Kier alpha value is -2.33. The Labute approximate surface area is 212 Å². The molecule has 2 aromatic carbocycles. The molecule has 2 amide bonds. The summed E-state index contributed by atoms with van der Waals surface area (Å²) >= 11 is 6.09. The predicted octanol–water partition coefficient (Wildman–Crippen LogP) is 4.05. The summed E-state index contributed by atoms with van der Waals surface area (Å²) in [5.41, 5.74) is 3.19. The van der Waals surface area contributed by atoms with Crippen LogP contribution in [0.5, 0.6) is 0 Å². The second kappa shape index (κ2) is 13.9. The van der Waals surface area contributed by atoms with E-state index in [0.717, 1.165) is 11.1 Å². The van der Waals surface area contributed by atoms with Crippen LogP contribution in [0, 0.1) is 6.92 Å². The fourth-order valence-electron chi connectivity index (χ4n) is 2.77. The van der Waals surface area contributed by atoms with E-state index in [2.05, 4.69) is 20.9 Å². The second-order valence-corrected chi connectivity index (χ2v) is 7.64. The first-order chi connectivity index (χ1) is 14.8. The fourth-order valence-corrected chi connectivity index (χ4v) is 2.95. The fraction of sp³-hybridized carbons (Fsp3) is 0.348. The number of aliphatic imine (C=N–C) groups is 1. The Kier molecular flexibility index (Phi) is 12.1. The van der Waals surface area contributed by atoms with E-state index in [4.69, 9.17) is 11.6 Å². The molecule has 7 nitrogen and oxygen atoms in total. The first kappa shape index (κ1) is 27.7. The molecule has 174 valence electrons. The topological polar surface area (TPSA) is 85.8 Å². The van der Waals surface area contributed by atoms with Crippen molar-refractivity contribution in [2.75, 3.05) is 32.5 Å². The molecular weight excluding hydrogens is 541 g/mol. The van der Waals surface area contributed by atoms with Crippen molar-refractivity contribution in [3.8, 4) is 0 Å². The Morgan fingerprint density at radius 1 is 1.06 bits per heavy atom. The summed E-state index contributed by atoms with van der Waals surface area (Å²) in [4.78, 5) is 30.3. The van der Waals surface area contributed by atoms with Crippen LogP contribution in [-0.4, -0.2) is 49.9 Å². The van der Waals surface area contributed by atoms with Gasteiger partial charge in [-0.2, -0.15) is 0 Å². The molecule has 0 fully saturated rings. The molecular formula is C23H31ClIN5O2. The molecule has 3 N–H and O–H groups in total. The van der Waals surface area contributed by atoms with Crippen molar-refractivity contribution in [1.82, 2.24) is 15.5 Å². The molecule has 9 heteroatoms. The van der Waals surface area contributed by atoms with Gasteiger partial charge >= 0.3 is 0 Å². The van der Waals surface area contributed by atoms with Gasteiger partial charge in [-0.15, -0.1) is 24.0 Å². The van der Waals surface area contributed by atoms with Crippen LogP contribution in [0.1, 0.15) is 34.8 Å². The van der Waals surface area contributed by atoms with E-state index in [1.165, 1.54) is 0 Å². The molecule has 0 aliphatic carbocycles. The van der Waals surface area contributed by atoms with Crippen LogP contribution in [0.3, 0.4) is 0 Å². The lowest BCUT2D eigenvalue weighted by Crippen LogP contribution is -2.38. The van der Waals surface area contributed by atoms with Gasteiger partial charge in [0, 0.05) is 49.9 Å². The third kappa shape index (κ3) is 8.66. The number of nitrogens with one attached hydrogen (secondary N) is 3. The highest BCUT2D eigenvalue weighted by atomic mass is 127. The van der Waals surface area contributed by atoms with Gasteiger partial charge in [-0.3, -0.25) is 9.59 Å². The average Bonchev–Trinajstić information content (AvgIpc) is 2.75. The monoisotopic (exact) mass is 571 g/mol. The number of hydrogen-bond acceptors (Lipinski definition) is 3. The molecule has 0 bridgehead atoms. The van der Waals surface area contributed by atoms with Gasteiger partial charge in [-0.05, 0) is 49.2 Å². The number of amides is 2. The van der Waals surface area contributed by atoms with Gasteiger partial charge in [0.15, 0.2) is 5.96 Å². The Morgan fingerprint density at radius 3 is 2.38 bits per heavy atom. The van der Waals surface area contributed by atoms with Gasteiger partial charge < -0.3 is 20.9 Å². The van der Waals surface area contributed by atoms with Crippen LogP contribution in [0.15, 0.2) is 47.5 Å². The number of guanidine groups is 1. The van der Waals surface area contributed by atoms with E-state index in [9.17, 15) is 9.59 Å². The molecule has 0 unspecified atom stereocenters. The predicted molar refractivity (Wildman–Crippen MR) is 142 cm³/mol. The minimum atomic E-state index is -0.102. The molecule has 0 atom stereocenters. The molecule has 2 rings (SSSR count). The minimum Gasteiger partial charge on any atom is -0.357 e. The van der Waals surface area contributed by atoms with Crippen LogP contribution in [-0.2, 0) is 11.3 Å². The summed E-state index contributed by atoms with van der Waals surface area (Å²) in [6.07, 6.45) is 0.289. The number of carbonyl (C=O) groups is 2. The number of hydrogen-bond donors (Lipinski definition) is 3. The van der Waals surface area contributed by atoms with Crippen molar-refractivity contribution in [3.05, 3.63) is 64.2 Å². The zero-order valence-corrected chi connectivity index (χ0v) is 22.0. The third-order valence-corrected chi connectivity index (χ3v) is 4.97. The van der Waals surface area contributed by atoms with Crippen LogP contribution in [0.2, 0.25) is 5.02 Å². The van der Waals surface area contributed by atoms with Crippen LogP contribution < -0.4 is 16.0 Å². The number of benzene rings is 2. The number of halogens is 2. The normalized spacial score (nSPS) is 10.7. The molecule has 2 aromatic rings. The lowest BCUT2D eigenvalue weighted by Gasteiger charge is -2.13. The Balaban J connectivity index is 0.00000512. The van der Waals surface area contributed by atoms with Crippen molar-refractivity contribution < 1.29 is 9.59 Å². The zero-order chi connectivity index (χ0) is 22.8. The molecule has 0 radical (unpaired) electrons. The summed E-state index contributed by atoms with van der Waals surface area (Å²) in [5, 5.41) is 9.84. The van der Waals surface area contributed by atoms with E-state index < -0.39 is 0 Å². The zero-order valence-electron chi connectivity index (χ0n) is 18.9. The van der Waals surface area contributed by atoms with Gasteiger partial charge in [0.05, 0.1) is 6.54 Å². The van der Waals surface area contributed by atoms with Crippen LogP contribution in [0.25, 0.3) is 0 Å².